The van der Waals surface area contributed by atoms with Gasteiger partial charge in [0.2, 0.25) is 0 Å². The summed E-state index contributed by atoms with van der Waals surface area (Å²) in [6.45, 7) is 11.7. The minimum absolute atomic E-state index is 0.198. The molecule has 0 heterocycles. The number of hydrogen-bond donors (Lipinski definition) is 1. The maximum atomic E-state index is 7.17. The lowest BCUT2D eigenvalue weighted by Gasteiger charge is -2.13. The van der Waals surface area contributed by atoms with Crippen LogP contribution in [0.3, 0.4) is 0 Å². The second-order valence-corrected chi connectivity index (χ2v) is 8.29. The summed E-state index contributed by atoms with van der Waals surface area (Å²) < 4.78 is 21.5. The molecule has 0 aromatic heterocycles. The van der Waals surface area contributed by atoms with E-state index in [0.29, 0.717) is 0 Å². The molecule has 0 N–H and O–H groups in total. The Hall–Kier alpha value is -3.15. The van der Waals surface area contributed by atoms with Gasteiger partial charge in [0.05, 0.1) is 0 Å². The SMILES string of the molecule is C#Cc1c(C)c(C#C)c(C)c(C#C)c1C.CS.[3H]C#Cc1c(C)c(C#CSC[3H])c(C)c(C#CSC[3H])c1C. The largest absolute Gasteiger partial charge is 0.183 e. The maximum absolute atomic E-state index is 7.17. The topological polar surface area (TPSA) is 0 Å². The molecule has 0 radical (unpaired) electrons. The van der Waals surface area contributed by atoms with Crippen LogP contribution < -0.4 is 0 Å². The van der Waals surface area contributed by atoms with Crippen LogP contribution in [0.5, 0.6) is 0 Å². The number of benzene rings is 2. The van der Waals surface area contributed by atoms with Crippen LogP contribution in [0.2, 0.25) is 0 Å². The molecule has 182 valence electrons. The first-order chi connectivity index (χ1) is 18.7. The molecule has 0 unspecified atom stereocenters. The van der Waals surface area contributed by atoms with Crippen LogP contribution in [0.15, 0.2) is 0 Å². The van der Waals surface area contributed by atoms with E-state index >= 15 is 0 Å². The minimum atomic E-state index is 0.198. The van der Waals surface area contributed by atoms with Gasteiger partial charge in [0.15, 0.2) is 0 Å². The van der Waals surface area contributed by atoms with Crippen LogP contribution in [0.4, 0.5) is 0 Å². The fourth-order valence-electron chi connectivity index (χ4n) is 3.82. The van der Waals surface area contributed by atoms with E-state index in [9.17, 15) is 0 Å². The van der Waals surface area contributed by atoms with Gasteiger partial charge < -0.3 is 0 Å². The van der Waals surface area contributed by atoms with E-state index in [2.05, 4.69) is 65.1 Å². The van der Waals surface area contributed by atoms with Crippen molar-refractivity contribution in [2.24, 2.45) is 0 Å². The van der Waals surface area contributed by atoms with Crippen LogP contribution in [0, 0.1) is 113 Å². The van der Waals surface area contributed by atoms with E-state index in [1.807, 2.05) is 41.5 Å². The number of thioether (sulfide) groups is 2. The first kappa shape index (κ1) is 27.4. The van der Waals surface area contributed by atoms with Crippen molar-refractivity contribution in [2.75, 3.05) is 18.7 Å². The van der Waals surface area contributed by atoms with E-state index in [1.165, 1.54) is 23.5 Å². The van der Waals surface area contributed by atoms with Gasteiger partial charge >= 0.3 is 0 Å². The van der Waals surface area contributed by atoms with Crippen LogP contribution in [0.1, 0.15) is 70.9 Å². The third-order valence-corrected chi connectivity index (χ3v) is 6.05. The Morgan fingerprint density at radius 2 is 0.833 bits per heavy atom. The Kier molecular flexibility index (Phi) is 12.6. The van der Waals surface area contributed by atoms with Gasteiger partial charge in [-0.25, -0.2) is 0 Å². The summed E-state index contributed by atoms with van der Waals surface area (Å²) in [6, 6.07) is 0. The normalized spacial score (nSPS) is 9.42. The van der Waals surface area contributed by atoms with Crippen molar-refractivity contribution >= 4 is 36.2 Å². The monoisotopic (exact) mass is 530 g/mol. The predicted octanol–water partition coefficient (Wildman–Crippen LogP) is 7.04. The maximum Gasteiger partial charge on any atom is 0.124 e. The summed E-state index contributed by atoms with van der Waals surface area (Å²) in [5.74, 6) is 17.0. The number of terminal acetylenes is 4. The Morgan fingerprint density at radius 1 is 0.556 bits per heavy atom. The van der Waals surface area contributed by atoms with Crippen molar-refractivity contribution in [1.29, 1.82) is 0 Å². The van der Waals surface area contributed by atoms with Gasteiger partial charge in [-0.05, 0) is 104 Å². The number of hydrogen-bond acceptors (Lipinski definition) is 3. The average molecular weight is 531 g/mol. The average Bonchev–Trinajstić information content (AvgIpc) is 2.93. The summed E-state index contributed by atoms with van der Waals surface area (Å²) in [7, 11) is 0. The molecule has 0 amide bonds. The predicted molar refractivity (Wildman–Crippen MR) is 169 cm³/mol. The summed E-state index contributed by atoms with van der Waals surface area (Å²) in [6.07, 6.45) is 20.7. The second-order valence-electron chi connectivity index (χ2n) is 7.30. The highest BCUT2D eigenvalue weighted by Crippen LogP contribution is 2.26. The molecule has 2 rings (SSSR count). The Labute approximate surface area is 238 Å². The third kappa shape index (κ3) is 7.42. The van der Waals surface area contributed by atoms with E-state index in [0.717, 1.165) is 66.8 Å². The molecule has 0 aliphatic heterocycles. The molecule has 0 atom stereocenters. The molecule has 0 nitrogen and oxygen atoms in total. The Bertz CT molecular complexity index is 1360. The molecule has 2 aromatic rings. The molecule has 0 saturated heterocycles. The summed E-state index contributed by atoms with van der Waals surface area (Å²) >= 11 is 6.01. The van der Waals surface area contributed by atoms with Gasteiger partial charge in [-0.3, -0.25) is 0 Å². The van der Waals surface area contributed by atoms with E-state index in [1.54, 1.807) is 6.26 Å². The summed E-state index contributed by atoms with van der Waals surface area (Å²) in [5, 5.41) is 5.83. The molecular weight excluding hydrogens is 493 g/mol. The van der Waals surface area contributed by atoms with Crippen molar-refractivity contribution in [3.05, 3.63) is 66.8 Å². The van der Waals surface area contributed by atoms with Crippen molar-refractivity contribution in [1.82, 2.24) is 0 Å². The highest BCUT2D eigenvalue weighted by molar-refractivity contribution is 8.03. The third-order valence-electron chi connectivity index (χ3n) is 5.55. The van der Waals surface area contributed by atoms with E-state index in [4.69, 9.17) is 23.4 Å². The zero-order chi connectivity index (χ0) is 30.1. The molecule has 0 saturated carbocycles. The van der Waals surface area contributed by atoms with Crippen molar-refractivity contribution in [3.63, 3.8) is 0 Å². The van der Waals surface area contributed by atoms with E-state index < -0.39 is 0 Å². The summed E-state index contributed by atoms with van der Waals surface area (Å²) in [4.78, 5) is 0. The standard InChI is InChI=1S/C17H16S2.C15H12.CH4S/c1-7-15-12(2)16(8-10-18-5)14(4)17(13(15)3)9-11-19-6;1-7-13-10(4)14(8-2)12(6)15(9-3)11(13)5;1-2/h1H,2-6H3;1-3H,4-6H3;2H,1H3/i1T,5T,6T;;. The van der Waals surface area contributed by atoms with Gasteiger partial charge in [-0.15, -0.1) is 25.7 Å². The molecule has 0 aliphatic carbocycles. The Balaban J connectivity index is 0.000000740. The fraction of sp³-hybridized carbons (Fsp3) is 0.273. The quantitative estimate of drug-likeness (QED) is 0.287. The highest BCUT2D eigenvalue weighted by atomic mass is 32.2. The molecule has 36 heavy (non-hydrogen) atoms. The fourth-order valence-corrected chi connectivity index (χ4v) is 4.17. The van der Waals surface area contributed by atoms with Crippen LogP contribution in [-0.4, -0.2) is 18.7 Å². The lowest BCUT2D eigenvalue weighted by atomic mass is 9.89. The first-order valence-electron chi connectivity index (χ1n) is 12.5. The number of rotatable bonds is 0. The van der Waals surface area contributed by atoms with Gasteiger partial charge in [-0.2, -0.15) is 12.6 Å². The molecule has 0 bridgehead atoms. The van der Waals surface area contributed by atoms with Gasteiger partial charge in [0.25, 0.3) is 0 Å². The molecule has 2 aromatic carbocycles. The van der Waals surface area contributed by atoms with E-state index in [-0.39, 0.29) is 12.5 Å². The van der Waals surface area contributed by atoms with Crippen molar-refractivity contribution in [2.45, 2.75) is 41.5 Å². The number of thiol groups is 1. The zero-order valence-corrected chi connectivity index (χ0v) is 24.4. The molecule has 0 spiro atoms. The smallest absolute Gasteiger partial charge is 0.124 e. The minimum Gasteiger partial charge on any atom is -0.183 e. The molecular formula is C33H32S3. The lowest BCUT2D eigenvalue weighted by molar-refractivity contribution is 1.25. The summed E-state index contributed by atoms with van der Waals surface area (Å²) in [5.41, 5.74) is 10.8. The second kappa shape index (κ2) is 16.5. The van der Waals surface area contributed by atoms with Gasteiger partial charge in [0.1, 0.15) is 1.37 Å². The molecule has 0 fully saturated rings. The van der Waals surface area contributed by atoms with Crippen LogP contribution in [-0.2, 0) is 0 Å². The first-order valence-corrected chi connectivity index (χ1v) is 13.4. The van der Waals surface area contributed by atoms with Gasteiger partial charge in [0, 0.05) is 36.1 Å². The van der Waals surface area contributed by atoms with Gasteiger partial charge in [-0.1, -0.05) is 59.0 Å². The lowest BCUT2D eigenvalue weighted by Crippen LogP contribution is -2.01. The van der Waals surface area contributed by atoms with Crippen LogP contribution in [0.25, 0.3) is 0 Å². The van der Waals surface area contributed by atoms with Crippen molar-refractivity contribution < 1.29 is 4.11 Å². The Morgan fingerprint density at radius 3 is 1.11 bits per heavy atom. The zero-order valence-electron chi connectivity index (χ0n) is 24.9. The van der Waals surface area contributed by atoms with Crippen LogP contribution >= 0.6 is 36.2 Å². The molecule has 3 heteroatoms. The highest BCUT2D eigenvalue weighted by Gasteiger charge is 2.14. The molecule has 0 aliphatic rings. The van der Waals surface area contributed by atoms with Crippen molar-refractivity contribution in [3.8, 4) is 71.7 Å².